The maximum absolute atomic E-state index is 12.4. The summed E-state index contributed by atoms with van der Waals surface area (Å²) in [5.41, 5.74) is 1.31. The number of carboxylic acid groups (broad SMARTS) is 1. The normalized spacial score (nSPS) is 11.2. The van der Waals surface area contributed by atoms with Crippen LogP contribution in [0.3, 0.4) is 0 Å². The van der Waals surface area contributed by atoms with Crippen LogP contribution in [0.5, 0.6) is 0 Å². The summed E-state index contributed by atoms with van der Waals surface area (Å²) in [4.78, 5) is 24.7. The Morgan fingerprint density at radius 2 is 1.68 bits per heavy atom. The Morgan fingerprint density at radius 3 is 2.11 bits per heavy atom. The molecular weight excluding hydrogens is 242 g/mol. The number of carbonyl (C=O) groups excluding carboxylic acids is 1. The van der Waals surface area contributed by atoms with Crippen LogP contribution >= 0.6 is 0 Å². The Morgan fingerprint density at radius 1 is 1.16 bits per heavy atom. The summed E-state index contributed by atoms with van der Waals surface area (Å²) in [5, 5.41) is 8.80. The number of hydrogen-bond acceptors (Lipinski definition) is 2. The highest BCUT2D eigenvalue weighted by molar-refractivity contribution is 5.97. The van der Waals surface area contributed by atoms with E-state index in [1.165, 1.54) is 0 Å². The minimum atomic E-state index is -0.904. The van der Waals surface area contributed by atoms with Gasteiger partial charge in [-0.1, -0.05) is 38.5 Å². The van der Waals surface area contributed by atoms with E-state index in [-0.39, 0.29) is 18.9 Å². The van der Waals surface area contributed by atoms with Crippen LogP contribution in [-0.4, -0.2) is 23.5 Å². The molecule has 0 radical (unpaired) electrons. The number of benzene rings is 1. The lowest BCUT2D eigenvalue weighted by atomic mass is 9.94. The van der Waals surface area contributed by atoms with E-state index in [9.17, 15) is 9.59 Å². The van der Waals surface area contributed by atoms with E-state index in [1.54, 1.807) is 4.90 Å². The van der Waals surface area contributed by atoms with Crippen molar-refractivity contribution in [3.8, 4) is 0 Å². The lowest BCUT2D eigenvalue weighted by Crippen LogP contribution is -2.40. The molecule has 0 aliphatic rings. The van der Waals surface area contributed by atoms with Gasteiger partial charge in [-0.3, -0.25) is 9.59 Å². The number of nitrogens with zero attached hydrogens (tertiary/aromatic N) is 1. The van der Waals surface area contributed by atoms with Crippen molar-refractivity contribution < 1.29 is 14.7 Å². The van der Waals surface area contributed by atoms with Crippen molar-refractivity contribution in [3.63, 3.8) is 0 Å². The van der Waals surface area contributed by atoms with Crippen LogP contribution in [0.25, 0.3) is 0 Å². The number of aryl methyl sites for hydroxylation is 1. The molecule has 1 aromatic rings. The molecule has 4 heteroatoms. The van der Waals surface area contributed by atoms with Crippen molar-refractivity contribution in [1.82, 2.24) is 0 Å². The highest BCUT2D eigenvalue weighted by Crippen LogP contribution is 2.23. The molecule has 0 heterocycles. The molecule has 19 heavy (non-hydrogen) atoms. The number of carbonyl (C=O) groups is 2. The van der Waals surface area contributed by atoms with E-state index < -0.39 is 11.4 Å². The van der Waals surface area contributed by atoms with E-state index in [0.717, 1.165) is 11.3 Å². The van der Waals surface area contributed by atoms with E-state index in [0.29, 0.717) is 0 Å². The van der Waals surface area contributed by atoms with Gasteiger partial charge in [0, 0.05) is 17.6 Å². The first kappa shape index (κ1) is 15.2. The second-order valence-corrected chi connectivity index (χ2v) is 5.69. The standard InChI is InChI=1S/C15H21NO3/c1-11-5-7-12(8-6-11)16(10-9-13(17)18)14(19)15(2,3)4/h5-8H,9-10H2,1-4H3,(H,17,18). The van der Waals surface area contributed by atoms with Gasteiger partial charge < -0.3 is 10.0 Å². The molecule has 0 aromatic heterocycles. The van der Waals surface area contributed by atoms with Gasteiger partial charge in [0.05, 0.1) is 6.42 Å². The summed E-state index contributed by atoms with van der Waals surface area (Å²) in [6, 6.07) is 7.53. The van der Waals surface area contributed by atoms with Crippen molar-refractivity contribution in [2.24, 2.45) is 5.41 Å². The second kappa shape index (κ2) is 5.87. The number of carboxylic acids is 1. The Labute approximate surface area is 114 Å². The Bertz CT molecular complexity index is 457. The molecule has 104 valence electrons. The van der Waals surface area contributed by atoms with E-state index >= 15 is 0 Å². The SMILES string of the molecule is Cc1ccc(N(CCC(=O)O)C(=O)C(C)(C)C)cc1. The van der Waals surface area contributed by atoms with Crippen molar-refractivity contribution in [3.05, 3.63) is 29.8 Å². The third-order valence-corrected chi connectivity index (χ3v) is 2.78. The van der Waals surface area contributed by atoms with E-state index in [4.69, 9.17) is 5.11 Å². The van der Waals surface area contributed by atoms with Crippen LogP contribution in [0, 0.1) is 12.3 Å². The number of rotatable bonds is 4. The predicted octanol–water partition coefficient (Wildman–Crippen LogP) is 2.85. The molecule has 1 amide bonds. The van der Waals surface area contributed by atoms with Gasteiger partial charge in [0.25, 0.3) is 0 Å². The molecule has 0 aliphatic heterocycles. The van der Waals surface area contributed by atoms with Gasteiger partial charge in [-0.05, 0) is 19.1 Å². The van der Waals surface area contributed by atoms with Gasteiger partial charge in [0.1, 0.15) is 0 Å². The molecule has 1 N–H and O–H groups in total. The molecule has 1 rings (SSSR count). The van der Waals surface area contributed by atoms with E-state index in [1.807, 2.05) is 52.0 Å². The van der Waals surface area contributed by atoms with Gasteiger partial charge in [-0.15, -0.1) is 0 Å². The highest BCUT2D eigenvalue weighted by atomic mass is 16.4. The third-order valence-electron chi connectivity index (χ3n) is 2.78. The summed E-state index contributed by atoms with van der Waals surface area (Å²) in [6.45, 7) is 7.65. The van der Waals surface area contributed by atoms with Crippen LogP contribution in [0.4, 0.5) is 5.69 Å². The van der Waals surface area contributed by atoms with Crippen LogP contribution < -0.4 is 4.90 Å². The Kier molecular flexibility index (Phi) is 4.70. The first-order chi connectivity index (χ1) is 8.71. The van der Waals surface area contributed by atoms with Gasteiger partial charge >= 0.3 is 5.97 Å². The molecular formula is C15H21NO3. The molecule has 0 fully saturated rings. The van der Waals surface area contributed by atoms with Gasteiger partial charge in [0.15, 0.2) is 0 Å². The third kappa shape index (κ3) is 4.39. The fourth-order valence-corrected chi connectivity index (χ4v) is 1.68. The molecule has 0 unspecified atom stereocenters. The summed E-state index contributed by atoms with van der Waals surface area (Å²) in [5.74, 6) is -0.976. The molecule has 0 aliphatic carbocycles. The molecule has 0 atom stereocenters. The monoisotopic (exact) mass is 263 g/mol. The predicted molar refractivity (Wildman–Crippen MR) is 75.2 cm³/mol. The fourth-order valence-electron chi connectivity index (χ4n) is 1.68. The molecule has 4 nitrogen and oxygen atoms in total. The maximum Gasteiger partial charge on any atom is 0.305 e. The smallest absolute Gasteiger partial charge is 0.305 e. The average Bonchev–Trinajstić information content (AvgIpc) is 2.29. The summed E-state index contributed by atoms with van der Waals surface area (Å²) in [7, 11) is 0. The van der Waals surface area contributed by atoms with Gasteiger partial charge in [-0.25, -0.2) is 0 Å². The fraction of sp³-hybridized carbons (Fsp3) is 0.467. The zero-order chi connectivity index (χ0) is 14.6. The number of aliphatic carboxylic acids is 1. The number of hydrogen-bond donors (Lipinski definition) is 1. The van der Waals surface area contributed by atoms with Crippen LogP contribution in [0.15, 0.2) is 24.3 Å². The summed E-state index contributed by atoms with van der Waals surface area (Å²) < 4.78 is 0. The summed E-state index contributed by atoms with van der Waals surface area (Å²) >= 11 is 0. The largest absolute Gasteiger partial charge is 0.481 e. The Balaban J connectivity index is 3.01. The zero-order valence-corrected chi connectivity index (χ0v) is 11.9. The summed E-state index contributed by atoms with van der Waals surface area (Å²) in [6.07, 6.45) is -0.0598. The maximum atomic E-state index is 12.4. The minimum absolute atomic E-state index is 0.0598. The van der Waals surface area contributed by atoms with Crippen LogP contribution in [0.1, 0.15) is 32.8 Å². The van der Waals surface area contributed by atoms with Crippen LogP contribution in [-0.2, 0) is 9.59 Å². The Hall–Kier alpha value is -1.84. The quantitative estimate of drug-likeness (QED) is 0.908. The van der Waals surface area contributed by atoms with Crippen molar-refractivity contribution >= 4 is 17.6 Å². The van der Waals surface area contributed by atoms with Crippen LogP contribution in [0.2, 0.25) is 0 Å². The molecule has 0 spiro atoms. The average molecular weight is 263 g/mol. The number of amides is 1. The molecule has 1 aromatic carbocycles. The first-order valence-corrected chi connectivity index (χ1v) is 6.32. The van der Waals surface area contributed by atoms with Gasteiger partial charge in [-0.2, -0.15) is 0 Å². The lowest BCUT2D eigenvalue weighted by Gasteiger charge is -2.29. The van der Waals surface area contributed by atoms with E-state index in [2.05, 4.69) is 0 Å². The number of anilines is 1. The van der Waals surface area contributed by atoms with Crippen molar-refractivity contribution in [2.75, 3.05) is 11.4 Å². The zero-order valence-electron chi connectivity index (χ0n) is 11.9. The minimum Gasteiger partial charge on any atom is -0.481 e. The van der Waals surface area contributed by atoms with Gasteiger partial charge in [0.2, 0.25) is 5.91 Å². The molecule has 0 saturated heterocycles. The first-order valence-electron chi connectivity index (χ1n) is 6.32. The second-order valence-electron chi connectivity index (χ2n) is 5.69. The van der Waals surface area contributed by atoms with Crippen molar-refractivity contribution in [1.29, 1.82) is 0 Å². The lowest BCUT2D eigenvalue weighted by molar-refractivity contribution is -0.136. The van der Waals surface area contributed by atoms with Crippen molar-refractivity contribution in [2.45, 2.75) is 34.1 Å². The molecule has 0 bridgehead atoms. The molecule has 0 saturated carbocycles. The topological polar surface area (TPSA) is 57.6 Å². The highest BCUT2D eigenvalue weighted by Gasteiger charge is 2.28.